The predicted octanol–water partition coefficient (Wildman–Crippen LogP) is 2.21. The van der Waals surface area contributed by atoms with Crippen LogP contribution in [0, 0.1) is 0 Å². The Kier molecular flexibility index (Phi) is 2.23. The number of hydrogen-bond donors (Lipinski definition) is 0. The summed E-state index contributed by atoms with van der Waals surface area (Å²) in [6.45, 7) is 0. The van der Waals surface area contributed by atoms with Gasteiger partial charge in [-0.3, -0.25) is 4.98 Å². The average molecular weight is 192 g/mol. The molecular formula is C9H8N2OS. The van der Waals surface area contributed by atoms with Crippen LogP contribution >= 0.6 is 11.3 Å². The van der Waals surface area contributed by atoms with Gasteiger partial charge in [0.2, 0.25) is 5.88 Å². The molecule has 0 unspecified atom stereocenters. The van der Waals surface area contributed by atoms with E-state index in [2.05, 4.69) is 9.97 Å². The van der Waals surface area contributed by atoms with Crippen LogP contribution in [-0.2, 0) is 0 Å². The highest BCUT2D eigenvalue weighted by Gasteiger charge is 2.04. The molecule has 0 aliphatic heterocycles. The number of aromatic nitrogens is 2. The van der Waals surface area contributed by atoms with Crippen molar-refractivity contribution < 1.29 is 4.74 Å². The van der Waals surface area contributed by atoms with Gasteiger partial charge in [-0.2, -0.15) is 0 Å². The predicted molar refractivity (Wildman–Crippen MR) is 51.9 cm³/mol. The Morgan fingerprint density at radius 2 is 2.31 bits per heavy atom. The molecule has 2 heterocycles. The number of rotatable bonds is 2. The molecule has 0 aliphatic carbocycles. The highest BCUT2D eigenvalue weighted by molar-refractivity contribution is 7.13. The quantitative estimate of drug-likeness (QED) is 0.731. The van der Waals surface area contributed by atoms with Crippen molar-refractivity contribution in [3.8, 4) is 16.6 Å². The number of ether oxygens (including phenoxy) is 1. The van der Waals surface area contributed by atoms with E-state index in [1.54, 1.807) is 13.3 Å². The van der Waals surface area contributed by atoms with Crippen LogP contribution in [0.15, 0.2) is 29.8 Å². The largest absolute Gasteiger partial charge is 0.480 e. The van der Waals surface area contributed by atoms with E-state index in [0.717, 1.165) is 10.7 Å². The van der Waals surface area contributed by atoms with E-state index in [1.165, 1.54) is 11.3 Å². The van der Waals surface area contributed by atoms with E-state index < -0.39 is 0 Å². The molecule has 0 saturated carbocycles. The minimum absolute atomic E-state index is 0.644. The highest BCUT2D eigenvalue weighted by atomic mass is 32.1. The molecular weight excluding hydrogens is 184 g/mol. The van der Waals surface area contributed by atoms with Gasteiger partial charge in [0.25, 0.3) is 0 Å². The fourth-order valence-electron chi connectivity index (χ4n) is 0.960. The minimum atomic E-state index is 0.644. The van der Waals surface area contributed by atoms with Gasteiger partial charge in [-0.15, -0.1) is 11.3 Å². The molecule has 0 bridgehead atoms. The van der Waals surface area contributed by atoms with Gasteiger partial charge in [-0.1, -0.05) is 6.07 Å². The summed E-state index contributed by atoms with van der Waals surface area (Å²) < 4.78 is 4.99. The van der Waals surface area contributed by atoms with Crippen LogP contribution in [0.4, 0.5) is 0 Å². The van der Waals surface area contributed by atoms with Gasteiger partial charge in [-0.25, -0.2) is 4.98 Å². The van der Waals surface area contributed by atoms with Crippen molar-refractivity contribution >= 4 is 11.3 Å². The van der Waals surface area contributed by atoms with Crippen LogP contribution in [0.2, 0.25) is 0 Å². The molecule has 0 fully saturated rings. The molecule has 0 radical (unpaired) electrons. The van der Waals surface area contributed by atoms with E-state index in [-0.39, 0.29) is 0 Å². The second-order valence-corrected chi connectivity index (χ2v) is 3.27. The Hall–Kier alpha value is -1.42. The summed E-state index contributed by atoms with van der Waals surface area (Å²) in [6.07, 6.45) is 1.75. The van der Waals surface area contributed by atoms with Crippen molar-refractivity contribution in [2.45, 2.75) is 0 Å². The number of nitrogens with zero attached hydrogens (tertiary/aromatic N) is 2. The molecule has 0 aromatic carbocycles. The van der Waals surface area contributed by atoms with Gasteiger partial charge in [0, 0.05) is 6.20 Å². The third-order valence-corrected chi connectivity index (χ3v) is 2.42. The summed E-state index contributed by atoms with van der Waals surface area (Å²) >= 11 is 1.53. The molecule has 0 atom stereocenters. The Bertz CT molecular complexity index is 386. The first-order valence-electron chi connectivity index (χ1n) is 3.81. The van der Waals surface area contributed by atoms with Crippen LogP contribution in [0.25, 0.3) is 10.7 Å². The number of hydrogen-bond acceptors (Lipinski definition) is 4. The van der Waals surface area contributed by atoms with Crippen molar-refractivity contribution in [2.75, 3.05) is 7.11 Å². The smallest absolute Gasteiger partial charge is 0.224 e. The van der Waals surface area contributed by atoms with E-state index in [1.807, 2.05) is 23.6 Å². The van der Waals surface area contributed by atoms with Gasteiger partial charge in [0.15, 0.2) is 0 Å². The van der Waals surface area contributed by atoms with Crippen LogP contribution in [-0.4, -0.2) is 17.1 Å². The van der Waals surface area contributed by atoms with Gasteiger partial charge in [0.05, 0.1) is 18.2 Å². The van der Waals surface area contributed by atoms with Gasteiger partial charge >= 0.3 is 0 Å². The summed E-state index contributed by atoms with van der Waals surface area (Å²) in [4.78, 5) is 8.42. The molecule has 0 aliphatic rings. The lowest BCUT2D eigenvalue weighted by Crippen LogP contribution is -1.83. The lowest BCUT2D eigenvalue weighted by atomic mass is 10.4. The Morgan fingerprint density at radius 1 is 1.38 bits per heavy atom. The molecule has 2 aromatic heterocycles. The molecule has 0 N–H and O–H groups in total. The molecule has 3 nitrogen and oxygen atoms in total. The lowest BCUT2D eigenvalue weighted by molar-refractivity contribution is 0.401. The molecule has 2 rings (SSSR count). The number of pyridine rings is 1. The molecule has 13 heavy (non-hydrogen) atoms. The molecule has 66 valence electrons. The molecule has 4 heteroatoms. The van der Waals surface area contributed by atoms with Crippen LogP contribution in [0.5, 0.6) is 5.88 Å². The van der Waals surface area contributed by atoms with Crippen molar-refractivity contribution in [1.29, 1.82) is 0 Å². The Morgan fingerprint density at radius 3 is 2.92 bits per heavy atom. The SMILES string of the molecule is COc1csc(-c2ccccn2)n1. The maximum Gasteiger partial charge on any atom is 0.224 e. The Labute approximate surface area is 80.0 Å². The first-order chi connectivity index (χ1) is 6.40. The van der Waals surface area contributed by atoms with E-state index >= 15 is 0 Å². The van der Waals surface area contributed by atoms with E-state index in [0.29, 0.717) is 5.88 Å². The molecule has 0 saturated heterocycles. The second-order valence-electron chi connectivity index (χ2n) is 2.41. The minimum Gasteiger partial charge on any atom is -0.480 e. The Balaban J connectivity index is 2.36. The van der Waals surface area contributed by atoms with Crippen molar-refractivity contribution in [1.82, 2.24) is 9.97 Å². The summed E-state index contributed by atoms with van der Waals surface area (Å²) in [7, 11) is 1.61. The van der Waals surface area contributed by atoms with Gasteiger partial charge in [-0.05, 0) is 12.1 Å². The van der Waals surface area contributed by atoms with E-state index in [9.17, 15) is 0 Å². The maximum absolute atomic E-state index is 4.99. The van der Waals surface area contributed by atoms with Gasteiger partial charge < -0.3 is 4.74 Å². The normalized spacial score (nSPS) is 9.92. The van der Waals surface area contributed by atoms with Crippen molar-refractivity contribution in [2.24, 2.45) is 0 Å². The fourth-order valence-corrected chi connectivity index (χ4v) is 1.71. The van der Waals surface area contributed by atoms with Crippen LogP contribution < -0.4 is 4.74 Å². The molecule has 0 amide bonds. The highest BCUT2D eigenvalue weighted by Crippen LogP contribution is 2.24. The summed E-state index contributed by atoms with van der Waals surface area (Å²) in [5.74, 6) is 0.644. The van der Waals surface area contributed by atoms with E-state index in [4.69, 9.17) is 4.74 Å². The zero-order chi connectivity index (χ0) is 9.10. The lowest BCUT2D eigenvalue weighted by Gasteiger charge is -1.92. The monoisotopic (exact) mass is 192 g/mol. The second kappa shape index (κ2) is 3.53. The standard InChI is InChI=1S/C9H8N2OS/c1-12-8-6-13-9(11-8)7-4-2-3-5-10-7/h2-6H,1H3. The zero-order valence-electron chi connectivity index (χ0n) is 7.10. The third-order valence-electron chi connectivity index (χ3n) is 1.58. The first kappa shape index (κ1) is 8.19. The topological polar surface area (TPSA) is 35.0 Å². The maximum atomic E-state index is 4.99. The summed E-state index contributed by atoms with van der Waals surface area (Å²) in [6, 6.07) is 5.75. The van der Waals surface area contributed by atoms with Gasteiger partial charge in [0.1, 0.15) is 5.01 Å². The first-order valence-corrected chi connectivity index (χ1v) is 4.69. The molecule has 0 spiro atoms. The van der Waals surface area contributed by atoms with Crippen LogP contribution in [0.1, 0.15) is 0 Å². The summed E-state index contributed by atoms with van der Waals surface area (Å²) in [5, 5.41) is 2.75. The fraction of sp³-hybridized carbons (Fsp3) is 0.111. The van der Waals surface area contributed by atoms with Crippen molar-refractivity contribution in [3.05, 3.63) is 29.8 Å². The molecule has 2 aromatic rings. The average Bonchev–Trinajstić information content (AvgIpc) is 2.67. The van der Waals surface area contributed by atoms with Crippen molar-refractivity contribution in [3.63, 3.8) is 0 Å². The zero-order valence-corrected chi connectivity index (χ0v) is 7.91. The third kappa shape index (κ3) is 1.67. The van der Waals surface area contributed by atoms with Crippen LogP contribution in [0.3, 0.4) is 0 Å². The number of methoxy groups -OCH3 is 1. The number of thiazole rings is 1. The summed E-state index contributed by atoms with van der Waals surface area (Å²) in [5.41, 5.74) is 0.885.